The first-order chi connectivity index (χ1) is 13.1. The molecule has 0 atom stereocenters. The van der Waals surface area contributed by atoms with E-state index < -0.39 is 0 Å². The standard InChI is InChI=1S/C20H19ClN2O3S/c1-3-26-17-7-5-4-6-15(17)20-23-14(12-27-20)11-19(24)22-13-8-9-18(25-2)16(21)10-13/h4-10,12H,3,11H2,1-2H3,(H,22,24). The van der Waals surface area contributed by atoms with E-state index in [1.807, 2.05) is 36.6 Å². The van der Waals surface area contributed by atoms with Crippen LogP contribution >= 0.6 is 22.9 Å². The predicted molar refractivity (Wildman–Crippen MR) is 109 cm³/mol. The summed E-state index contributed by atoms with van der Waals surface area (Å²) in [5.41, 5.74) is 2.25. The molecule has 7 heteroatoms. The van der Waals surface area contributed by atoms with Crippen molar-refractivity contribution in [2.45, 2.75) is 13.3 Å². The molecule has 2 aromatic carbocycles. The predicted octanol–water partition coefficient (Wildman–Crippen LogP) is 5.05. The highest BCUT2D eigenvalue weighted by atomic mass is 35.5. The van der Waals surface area contributed by atoms with Gasteiger partial charge in [0.2, 0.25) is 5.91 Å². The summed E-state index contributed by atoms with van der Waals surface area (Å²) in [5, 5.41) is 5.98. The number of para-hydroxylation sites is 1. The van der Waals surface area contributed by atoms with Gasteiger partial charge in [0, 0.05) is 11.1 Å². The Morgan fingerprint density at radius 3 is 2.78 bits per heavy atom. The zero-order valence-corrected chi connectivity index (χ0v) is 16.6. The zero-order chi connectivity index (χ0) is 19.2. The number of ether oxygens (including phenoxy) is 2. The van der Waals surface area contributed by atoms with E-state index in [0.29, 0.717) is 28.8 Å². The first-order valence-corrected chi connectivity index (χ1v) is 9.66. The van der Waals surface area contributed by atoms with Gasteiger partial charge in [-0.25, -0.2) is 4.98 Å². The molecule has 0 bridgehead atoms. The Labute approximate surface area is 166 Å². The Kier molecular flexibility index (Phi) is 6.32. The van der Waals surface area contributed by atoms with Gasteiger partial charge in [0.15, 0.2) is 0 Å². The van der Waals surface area contributed by atoms with E-state index in [1.54, 1.807) is 25.3 Å². The van der Waals surface area contributed by atoms with Gasteiger partial charge in [-0.05, 0) is 37.3 Å². The van der Waals surface area contributed by atoms with Gasteiger partial charge >= 0.3 is 0 Å². The number of methoxy groups -OCH3 is 1. The van der Waals surface area contributed by atoms with E-state index in [2.05, 4.69) is 10.3 Å². The van der Waals surface area contributed by atoms with Gasteiger partial charge in [-0.2, -0.15) is 0 Å². The van der Waals surface area contributed by atoms with E-state index in [-0.39, 0.29) is 12.3 Å². The second-order valence-electron chi connectivity index (χ2n) is 5.65. The minimum absolute atomic E-state index is 0.161. The lowest BCUT2D eigenvalue weighted by atomic mass is 10.2. The van der Waals surface area contributed by atoms with Crippen molar-refractivity contribution >= 4 is 34.5 Å². The summed E-state index contributed by atoms with van der Waals surface area (Å²) >= 11 is 7.58. The van der Waals surface area contributed by atoms with E-state index in [0.717, 1.165) is 16.3 Å². The molecule has 0 aliphatic carbocycles. The van der Waals surface area contributed by atoms with Crippen LogP contribution in [-0.4, -0.2) is 24.6 Å². The minimum Gasteiger partial charge on any atom is -0.495 e. The number of hydrogen-bond acceptors (Lipinski definition) is 5. The van der Waals surface area contributed by atoms with Crippen LogP contribution < -0.4 is 14.8 Å². The molecule has 5 nitrogen and oxygen atoms in total. The van der Waals surface area contributed by atoms with Crippen LogP contribution in [0.3, 0.4) is 0 Å². The summed E-state index contributed by atoms with van der Waals surface area (Å²) in [6, 6.07) is 12.9. The normalized spacial score (nSPS) is 10.5. The van der Waals surface area contributed by atoms with Crippen LogP contribution in [0.15, 0.2) is 47.8 Å². The van der Waals surface area contributed by atoms with Crippen molar-refractivity contribution in [2.75, 3.05) is 19.0 Å². The van der Waals surface area contributed by atoms with Gasteiger partial charge in [-0.3, -0.25) is 4.79 Å². The number of carbonyl (C=O) groups is 1. The number of anilines is 1. The summed E-state index contributed by atoms with van der Waals surface area (Å²) in [7, 11) is 1.54. The second kappa shape index (κ2) is 8.88. The molecule has 1 N–H and O–H groups in total. The number of benzene rings is 2. The number of amides is 1. The summed E-state index contributed by atoms with van der Waals surface area (Å²) in [5.74, 6) is 1.19. The summed E-state index contributed by atoms with van der Waals surface area (Å²) < 4.78 is 10.8. The highest BCUT2D eigenvalue weighted by molar-refractivity contribution is 7.13. The summed E-state index contributed by atoms with van der Waals surface area (Å²) in [6.45, 7) is 2.53. The van der Waals surface area contributed by atoms with Crippen LogP contribution in [0.1, 0.15) is 12.6 Å². The number of rotatable bonds is 7. The minimum atomic E-state index is -0.161. The third kappa shape index (κ3) is 4.78. The highest BCUT2D eigenvalue weighted by Gasteiger charge is 2.13. The molecule has 1 amide bonds. The Morgan fingerprint density at radius 1 is 1.22 bits per heavy atom. The SMILES string of the molecule is CCOc1ccccc1-c1nc(CC(=O)Nc2ccc(OC)c(Cl)c2)cs1. The molecule has 0 aliphatic heterocycles. The average molecular weight is 403 g/mol. The zero-order valence-electron chi connectivity index (χ0n) is 15.0. The smallest absolute Gasteiger partial charge is 0.230 e. The fraction of sp³-hybridized carbons (Fsp3) is 0.200. The fourth-order valence-electron chi connectivity index (χ4n) is 2.55. The number of aromatic nitrogens is 1. The lowest BCUT2D eigenvalue weighted by molar-refractivity contribution is -0.115. The molecular formula is C20H19ClN2O3S. The molecule has 140 valence electrons. The van der Waals surface area contributed by atoms with Crippen LogP contribution in [0, 0.1) is 0 Å². The van der Waals surface area contributed by atoms with Crippen molar-refractivity contribution in [3.63, 3.8) is 0 Å². The van der Waals surface area contributed by atoms with Crippen molar-refractivity contribution in [2.24, 2.45) is 0 Å². The topological polar surface area (TPSA) is 60.5 Å². The maximum absolute atomic E-state index is 12.3. The molecule has 0 spiro atoms. The molecule has 3 aromatic rings. The molecule has 0 saturated carbocycles. The molecule has 0 fully saturated rings. The number of nitrogens with one attached hydrogen (secondary N) is 1. The van der Waals surface area contributed by atoms with Crippen molar-refractivity contribution in [3.05, 3.63) is 58.6 Å². The third-order valence-electron chi connectivity index (χ3n) is 3.75. The Bertz CT molecular complexity index is 942. The van der Waals surface area contributed by atoms with Gasteiger partial charge in [0.05, 0.1) is 36.4 Å². The maximum Gasteiger partial charge on any atom is 0.230 e. The molecular weight excluding hydrogens is 384 g/mol. The molecule has 27 heavy (non-hydrogen) atoms. The molecule has 0 aliphatic rings. The van der Waals surface area contributed by atoms with Crippen LogP contribution in [0.25, 0.3) is 10.6 Å². The lowest BCUT2D eigenvalue weighted by Crippen LogP contribution is -2.14. The fourth-order valence-corrected chi connectivity index (χ4v) is 3.66. The average Bonchev–Trinajstić information content (AvgIpc) is 3.10. The van der Waals surface area contributed by atoms with E-state index in [4.69, 9.17) is 21.1 Å². The van der Waals surface area contributed by atoms with Gasteiger partial charge in [-0.1, -0.05) is 23.7 Å². The van der Waals surface area contributed by atoms with Crippen LogP contribution in [0.2, 0.25) is 5.02 Å². The number of hydrogen-bond donors (Lipinski definition) is 1. The summed E-state index contributed by atoms with van der Waals surface area (Å²) in [6.07, 6.45) is 0.178. The molecule has 3 rings (SSSR count). The molecule has 1 aromatic heterocycles. The Morgan fingerprint density at radius 2 is 2.04 bits per heavy atom. The van der Waals surface area contributed by atoms with Crippen molar-refractivity contribution in [1.29, 1.82) is 0 Å². The Hall–Kier alpha value is -2.57. The Balaban J connectivity index is 1.69. The molecule has 0 saturated heterocycles. The van der Waals surface area contributed by atoms with E-state index in [1.165, 1.54) is 11.3 Å². The molecule has 1 heterocycles. The molecule has 0 unspecified atom stereocenters. The number of halogens is 1. The third-order valence-corrected chi connectivity index (χ3v) is 4.97. The van der Waals surface area contributed by atoms with Crippen LogP contribution in [-0.2, 0) is 11.2 Å². The quantitative estimate of drug-likeness (QED) is 0.600. The largest absolute Gasteiger partial charge is 0.495 e. The number of nitrogens with zero attached hydrogens (tertiary/aromatic N) is 1. The van der Waals surface area contributed by atoms with Crippen LogP contribution in [0.5, 0.6) is 11.5 Å². The highest BCUT2D eigenvalue weighted by Crippen LogP contribution is 2.32. The molecule has 0 radical (unpaired) electrons. The van der Waals surface area contributed by atoms with Crippen molar-refractivity contribution in [1.82, 2.24) is 4.98 Å². The monoisotopic (exact) mass is 402 g/mol. The van der Waals surface area contributed by atoms with E-state index >= 15 is 0 Å². The van der Waals surface area contributed by atoms with Crippen molar-refractivity contribution < 1.29 is 14.3 Å². The van der Waals surface area contributed by atoms with Gasteiger partial charge < -0.3 is 14.8 Å². The first-order valence-electron chi connectivity index (χ1n) is 8.40. The lowest BCUT2D eigenvalue weighted by Gasteiger charge is -2.08. The van der Waals surface area contributed by atoms with Crippen molar-refractivity contribution in [3.8, 4) is 22.1 Å². The van der Waals surface area contributed by atoms with Gasteiger partial charge in [-0.15, -0.1) is 11.3 Å². The number of carbonyl (C=O) groups excluding carboxylic acids is 1. The van der Waals surface area contributed by atoms with Gasteiger partial charge in [0.1, 0.15) is 16.5 Å². The first kappa shape index (κ1) is 19.2. The maximum atomic E-state index is 12.3. The van der Waals surface area contributed by atoms with Gasteiger partial charge in [0.25, 0.3) is 0 Å². The van der Waals surface area contributed by atoms with Crippen LogP contribution in [0.4, 0.5) is 5.69 Å². The summed E-state index contributed by atoms with van der Waals surface area (Å²) in [4.78, 5) is 16.9. The van der Waals surface area contributed by atoms with E-state index in [9.17, 15) is 4.79 Å². The number of thiazole rings is 1. The second-order valence-corrected chi connectivity index (χ2v) is 6.91.